The highest BCUT2D eigenvalue weighted by Crippen LogP contribution is 2.36. The lowest BCUT2D eigenvalue weighted by molar-refractivity contribution is -0.385. The van der Waals surface area contributed by atoms with Gasteiger partial charge in [0.25, 0.3) is 0 Å². The zero-order chi connectivity index (χ0) is 15.6. The molecule has 21 heavy (non-hydrogen) atoms. The summed E-state index contributed by atoms with van der Waals surface area (Å²) < 4.78 is 19.1. The van der Waals surface area contributed by atoms with Crippen molar-refractivity contribution in [2.24, 2.45) is 5.73 Å². The van der Waals surface area contributed by atoms with Gasteiger partial charge in [-0.25, -0.2) is 4.39 Å². The molecular formula is C14H12BrFN2O3. The van der Waals surface area contributed by atoms with Gasteiger partial charge in [-0.2, -0.15) is 0 Å². The van der Waals surface area contributed by atoms with Gasteiger partial charge in [0.1, 0.15) is 11.6 Å². The predicted octanol–water partition coefficient (Wildman–Crippen LogP) is 4.06. The molecule has 0 aromatic heterocycles. The normalized spacial score (nSPS) is 10.5. The Morgan fingerprint density at radius 2 is 2.05 bits per heavy atom. The summed E-state index contributed by atoms with van der Waals surface area (Å²) in [4.78, 5) is 10.4. The van der Waals surface area contributed by atoms with Gasteiger partial charge in [-0.1, -0.05) is 12.1 Å². The molecule has 0 amide bonds. The van der Waals surface area contributed by atoms with Crippen LogP contribution < -0.4 is 10.5 Å². The molecule has 110 valence electrons. The molecule has 0 unspecified atom stereocenters. The lowest BCUT2D eigenvalue weighted by Crippen LogP contribution is -1.99. The minimum absolute atomic E-state index is 0.0109. The summed E-state index contributed by atoms with van der Waals surface area (Å²) in [6.07, 6.45) is 0. The molecule has 0 saturated heterocycles. The van der Waals surface area contributed by atoms with Gasteiger partial charge < -0.3 is 10.5 Å². The molecule has 0 bridgehead atoms. The van der Waals surface area contributed by atoms with E-state index >= 15 is 0 Å². The van der Waals surface area contributed by atoms with E-state index in [1.807, 2.05) is 6.07 Å². The molecule has 2 aromatic rings. The van der Waals surface area contributed by atoms with Crippen LogP contribution in [0.4, 0.5) is 10.1 Å². The van der Waals surface area contributed by atoms with Crippen molar-refractivity contribution in [3.05, 3.63) is 61.9 Å². The quantitative estimate of drug-likeness (QED) is 0.663. The Hall–Kier alpha value is -1.99. The number of aryl methyl sites for hydroxylation is 1. The van der Waals surface area contributed by atoms with E-state index in [1.165, 1.54) is 0 Å². The largest absolute Gasteiger partial charge is 0.450 e. The summed E-state index contributed by atoms with van der Waals surface area (Å²) in [7, 11) is 0. The molecular weight excluding hydrogens is 343 g/mol. The molecule has 0 aliphatic heterocycles. The van der Waals surface area contributed by atoms with Crippen LogP contribution in [0.5, 0.6) is 11.5 Å². The van der Waals surface area contributed by atoms with Crippen molar-refractivity contribution < 1.29 is 14.1 Å². The predicted molar refractivity (Wildman–Crippen MR) is 79.9 cm³/mol. The number of nitro benzene ring substituents is 1. The Balaban J connectivity index is 2.43. The number of halogens is 2. The van der Waals surface area contributed by atoms with Gasteiger partial charge in [0.05, 0.1) is 9.40 Å². The summed E-state index contributed by atoms with van der Waals surface area (Å²) in [6.45, 7) is 2.17. The smallest absolute Gasteiger partial charge is 0.312 e. The van der Waals surface area contributed by atoms with E-state index in [9.17, 15) is 14.5 Å². The van der Waals surface area contributed by atoms with Crippen molar-refractivity contribution in [1.82, 2.24) is 0 Å². The number of nitro groups is 1. The molecule has 2 aromatic carbocycles. The van der Waals surface area contributed by atoms with Gasteiger partial charge in [-0.05, 0) is 40.0 Å². The van der Waals surface area contributed by atoms with Gasteiger partial charge in [0.2, 0.25) is 5.75 Å². The zero-order valence-electron chi connectivity index (χ0n) is 11.1. The average molecular weight is 355 g/mol. The Labute approximate surface area is 128 Å². The molecule has 0 aliphatic rings. The molecule has 7 heteroatoms. The van der Waals surface area contributed by atoms with Crippen LogP contribution in [0.1, 0.15) is 11.1 Å². The second-order valence-electron chi connectivity index (χ2n) is 4.40. The fourth-order valence-corrected chi connectivity index (χ4v) is 2.15. The molecule has 0 saturated carbocycles. The molecule has 2 N–H and O–H groups in total. The van der Waals surface area contributed by atoms with Crippen molar-refractivity contribution >= 4 is 21.6 Å². The van der Waals surface area contributed by atoms with Crippen molar-refractivity contribution in [3.8, 4) is 11.5 Å². The van der Waals surface area contributed by atoms with Crippen LogP contribution in [0, 0.1) is 22.9 Å². The van der Waals surface area contributed by atoms with E-state index in [2.05, 4.69) is 15.9 Å². The number of hydrogen-bond acceptors (Lipinski definition) is 4. The third-order valence-electron chi connectivity index (χ3n) is 2.89. The highest BCUT2D eigenvalue weighted by molar-refractivity contribution is 9.10. The fourth-order valence-electron chi connectivity index (χ4n) is 1.81. The molecule has 5 nitrogen and oxygen atoms in total. The van der Waals surface area contributed by atoms with Crippen LogP contribution in [0.15, 0.2) is 34.8 Å². The van der Waals surface area contributed by atoms with Crippen LogP contribution in [0.25, 0.3) is 0 Å². The van der Waals surface area contributed by atoms with Crippen molar-refractivity contribution in [1.29, 1.82) is 0 Å². The number of hydrogen-bond donors (Lipinski definition) is 1. The maximum atomic E-state index is 13.6. The number of ether oxygens (including phenoxy) is 1. The molecule has 0 aliphatic carbocycles. The highest BCUT2D eigenvalue weighted by Gasteiger charge is 2.20. The summed E-state index contributed by atoms with van der Waals surface area (Å²) in [5.74, 6) is -0.367. The maximum Gasteiger partial charge on any atom is 0.312 e. The Morgan fingerprint density at radius 1 is 1.33 bits per heavy atom. The SMILES string of the molecule is Cc1cc(CN)ccc1Oc1cc(F)c(Br)cc1[N+](=O)[O-]. The van der Waals surface area contributed by atoms with E-state index < -0.39 is 10.7 Å². The lowest BCUT2D eigenvalue weighted by atomic mass is 10.1. The second-order valence-corrected chi connectivity index (χ2v) is 5.25. The number of nitrogens with zero attached hydrogens (tertiary/aromatic N) is 1. The Morgan fingerprint density at radius 3 is 2.62 bits per heavy atom. The molecule has 0 heterocycles. The first-order valence-electron chi connectivity index (χ1n) is 6.03. The van der Waals surface area contributed by atoms with Gasteiger partial charge in [-0.3, -0.25) is 10.1 Å². The average Bonchev–Trinajstić information content (AvgIpc) is 2.44. The minimum Gasteiger partial charge on any atom is -0.450 e. The zero-order valence-corrected chi connectivity index (χ0v) is 12.7. The molecule has 0 spiro atoms. The van der Waals surface area contributed by atoms with E-state index in [-0.39, 0.29) is 15.9 Å². The van der Waals surface area contributed by atoms with Crippen LogP contribution in [-0.4, -0.2) is 4.92 Å². The fraction of sp³-hybridized carbons (Fsp3) is 0.143. The van der Waals surface area contributed by atoms with Crippen LogP contribution in [-0.2, 0) is 6.54 Å². The van der Waals surface area contributed by atoms with E-state index in [1.54, 1.807) is 19.1 Å². The topological polar surface area (TPSA) is 78.4 Å². The summed E-state index contributed by atoms with van der Waals surface area (Å²) in [5, 5.41) is 11.0. The second kappa shape index (κ2) is 6.19. The van der Waals surface area contributed by atoms with Crippen molar-refractivity contribution in [2.75, 3.05) is 0 Å². The summed E-state index contributed by atoms with van der Waals surface area (Å²) in [6, 6.07) is 7.29. The molecule has 0 radical (unpaired) electrons. The monoisotopic (exact) mass is 354 g/mol. The number of benzene rings is 2. The number of rotatable bonds is 4. The van der Waals surface area contributed by atoms with Crippen LogP contribution >= 0.6 is 15.9 Å². The highest BCUT2D eigenvalue weighted by atomic mass is 79.9. The first-order chi connectivity index (χ1) is 9.92. The van der Waals surface area contributed by atoms with Crippen LogP contribution in [0.2, 0.25) is 0 Å². The first-order valence-corrected chi connectivity index (χ1v) is 6.82. The van der Waals surface area contributed by atoms with E-state index in [4.69, 9.17) is 10.5 Å². The third kappa shape index (κ3) is 3.37. The minimum atomic E-state index is -0.633. The summed E-state index contributed by atoms with van der Waals surface area (Å²) in [5.41, 5.74) is 6.90. The Kier molecular flexibility index (Phi) is 4.54. The first kappa shape index (κ1) is 15.4. The molecule has 2 rings (SSSR count). The lowest BCUT2D eigenvalue weighted by Gasteiger charge is -2.10. The van der Waals surface area contributed by atoms with E-state index in [0.717, 1.165) is 23.3 Å². The van der Waals surface area contributed by atoms with Crippen LogP contribution in [0.3, 0.4) is 0 Å². The van der Waals surface area contributed by atoms with Crippen molar-refractivity contribution in [3.63, 3.8) is 0 Å². The van der Waals surface area contributed by atoms with E-state index in [0.29, 0.717) is 12.3 Å². The number of nitrogens with two attached hydrogens (primary N) is 1. The molecule has 0 atom stereocenters. The summed E-state index contributed by atoms with van der Waals surface area (Å²) >= 11 is 2.92. The standard InChI is InChI=1S/C14H12BrFN2O3/c1-8-4-9(7-17)2-3-13(8)21-14-6-11(16)10(15)5-12(14)18(19)20/h2-6H,7,17H2,1H3. The molecule has 0 fully saturated rings. The maximum absolute atomic E-state index is 13.6. The van der Waals surface area contributed by atoms with Gasteiger partial charge in [-0.15, -0.1) is 0 Å². The van der Waals surface area contributed by atoms with Gasteiger partial charge >= 0.3 is 5.69 Å². The van der Waals surface area contributed by atoms with Crippen molar-refractivity contribution in [2.45, 2.75) is 13.5 Å². The third-order valence-corrected chi connectivity index (χ3v) is 3.50. The van der Waals surface area contributed by atoms with Gasteiger partial charge in [0, 0.05) is 18.7 Å². The Bertz CT molecular complexity index is 707. The van der Waals surface area contributed by atoms with Gasteiger partial charge in [0.15, 0.2) is 0 Å².